The summed E-state index contributed by atoms with van der Waals surface area (Å²) < 4.78 is 29.0. The Hall–Kier alpha value is -2.11. The molecule has 1 atom stereocenters. The predicted molar refractivity (Wildman–Crippen MR) is 128 cm³/mol. The van der Waals surface area contributed by atoms with E-state index < -0.39 is 10.0 Å². The van der Waals surface area contributed by atoms with E-state index in [2.05, 4.69) is 15.3 Å². The van der Waals surface area contributed by atoms with E-state index in [1.165, 1.54) is 15.6 Å². The number of halogens is 1. The van der Waals surface area contributed by atoms with Crippen LogP contribution in [-0.4, -0.2) is 66.2 Å². The van der Waals surface area contributed by atoms with Gasteiger partial charge in [0.05, 0.1) is 12.6 Å². The number of carbonyl (C=O) groups is 1. The SMILES string of the molecule is O=C1CN(S(=O)(=O)c2cc3ccc(Cl)cc3s2)CCN1C(c1ncccn1)C1CCNCC1. The molecule has 3 aromatic rings. The van der Waals surface area contributed by atoms with Crippen LogP contribution in [0.15, 0.2) is 46.9 Å². The molecule has 0 radical (unpaired) electrons. The van der Waals surface area contributed by atoms with Gasteiger partial charge in [-0.2, -0.15) is 4.31 Å². The maximum absolute atomic E-state index is 13.3. The first-order valence-corrected chi connectivity index (χ1v) is 13.5. The lowest BCUT2D eigenvalue weighted by Crippen LogP contribution is -2.54. The first-order chi connectivity index (χ1) is 15.9. The van der Waals surface area contributed by atoms with Crippen molar-refractivity contribution < 1.29 is 13.2 Å². The number of hydrogen-bond donors (Lipinski definition) is 1. The number of aromatic nitrogens is 2. The number of sulfonamides is 1. The molecule has 174 valence electrons. The topological polar surface area (TPSA) is 95.5 Å². The molecule has 8 nitrogen and oxygen atoms in total. The molecular weight excluding hydrogens is 482 g/mol. The first-order valence-electron chi connectivity index (χ1n) is 10.9. The van der Waals surface area contributed by atoms with E-state index in [-0.39, 0.29) is 35.2 Å². The Morgan fingerprint density at radius 2 is 1.88 bits per heavy atom. The highest BCUT2D eigenvalue weighted by atomic mass is 35.5. The zero-order valence-corrected chi connectivity index (χ0v) is 20.2. The van der Waals surface area contributed by atoms with Gasteiger partial charge in [-0.05, 0) is 61.5 Å². The molecule has 1 unspecified atom stereocenters. The first kappa shape index (κ1) is 22.7. The molecule has 4 heterocycles. The van der Waals surface area contributed by atoms with Crippen LogP contribution in [0.4, 0.5) is 0 Å². The lowest BCUT2D eigenvalue weighted by atomic mass is 9.88. The molecule has 11 heteroatoms. The number of piperidine rings is 1. The molecule has 2 aromatic heterocycles. The van der Waals surface area contributed by atoms with Crippen LogP contribution in [0, 0.1) is 5.92 Å². The molecule has 0 aliphatic carbocycles. The van der Waals surface area contributed by atoms with Crippen molar-refractivity contribution in [2.75, 3.05) is 32.7 Å². The quantitative estimate of drug-likeness (QED) is 0.573. The number of fused-ring (bicyclic) bond motifs is 1. The van der Waals surface area contributed by atoms with Gasteiger partial charge in [0.15, 0.2) is 5.82 Å². The molecule has 0 bridgehead atoms. The maximum atomic E-state index is 13.3. The smallest absolute Gasteiger partial charge is 0.253 e. The zero-order valence-electron chi connectivity index (χ0n) is 17.9. The number of nitrogens with one attached hydrogen (secondary N) is 1. The third-order valence-electron chi connectivity index (χ3n) is 6.29. The fourth-order valence-electron chi connectivity index (χ4n) is 4.63. The van der Waals surface area contributed by atoms with Crippen LogP contribution in [0.1, 0.15) is 24.7 Å². The Kier molecular flexibility index (Phi) is 6.37. The average Bonchev–Trinajstić information content (AvgIpc) is 3.26. The monoisotopic (exact) mass is 505 g/mol. The summed E-state index contributed by atoms with van der Waals surface area (Å²) in [6, 6.07) is 8.46. The minimum atomic E-state index is -3.79. The highest BCUT2D eigenvalue weighted by Gasteiger charge is 2.40. The summed E-state index contributed by atoms with van der Waals surface area (Å²) >= 11 is 7.23. The summed E-state index contributed by atoms with van der Waals surface area (Å²) in [4.78, 5) is 24.0. The van der Waals surface area contributed by atoms with Crippen LogP contribution in [0.2, 0.25) is 5.02 Å². The summed E-state index contributed by atoms with van der Waals surface area (Å²) in [5.74, 6) is 0.633. The minimum absolute atomic E-state index is 0.189. The van der Waals surface area contributed by atoms with Crippen LogP contribution in [0.25, 0.3) is 10.1 Å². The summed E-state index contributed by atoms with van der Waals surface area (Å²) in [6.07, 6.45) is 5.21. The molecule has 1 amide bonds. The molecule has 0 saturated carbocycles. The Morgan fingerprint density at radius 1 is 1.12 bits per heavy atom. The van der Waals surface area contributed by atoms with Gasteiger partial charge >= 0.3 is 0 Å². The third kappa shape index (κ3) is 4.50. The van der Waals surface area contributed by atoms with Crippen molar-refractivity contribution in [3.05, 3.63) is 53.6 Å². The molecule has 1 N–H and O–H groups in total. The normalized spacial score (nSPS) is 19.8. The predicted octanol–water partition coefficient (Wildman–Crippen LogP) is 2.92. The molecule has 33 heavy (non-hydrogen) atoms. The Balaban J connectivity index is 1.39. The lowest BCUT2D eigenvalue weighted by molar-refractivity contribution is -0.138. The summed E-state index contributed by atoms with van der Waals surface area (Å²) in [7, 11) is -3.79. The molecule has 2 aliphatic heterocycles. The van der Waals surface area contributed by atoms with Gasteiger partial charge in [0.1, 0.15) is 4.21 Å². The van der Waals surface area contributed by atoms with E-state index in [1.807, 2.05) is 0 Å². The second kappa shape index (κ2) is 9.27. The zero-order chi connectivity index (χ0) is 23.0. The van der Waals surface area contributed by atoms with Gasteiger partial charge in [0, 0.05) is 35.2 Å². The van der Waals surface area contributed by atoms with Crippen molar-refractivity contribution in [3.8, 4) is 0 Å². The summed E-state index contributed by atoms with van der Waals surface area (Å²) in [5, 5.41) is 4.73. The Labute approximate surface area is 201 Å². The number of hydrogen-bond acceptors (Lipinski definition) is 7. The van der Waals surface area contributed by atoms with Crippen molar-refractivity contribution in [1.82, 2.24) is 24.5 Å². The van der Waals surface area contributed by atoms with Crippen molar-refractivity contribution in [2.24, 2.45) is 5.92 Å². The van der Waals surface area contributed by atoms with Gasteiger partial charge in [-0.15, -0.1) is 11.3 Å². The fraction of sp³-hybridized carbons (Fsp3) is 0.409. The van der Waals surface area contributed by atoms with Crippen LogP contribution in [-0.2, 0) is 14.8 Å². The lowest BCUT2D eigenvalue weighted by Gasteiger charge is -2.41. The van der Waals surface area contributed by atoms with E-state index >= 15 is 0 Å². The number of carbonyl (C=O) groups excluding carboxylic acids is 1. The molecule has 2 aliphatic rings. The molecular formula is C22H24ClN5O3S2. The van der Waals surface area contributed by atoms with Crippen molar-refractivity contribution >= 4 is 49.0 Å². The number of amides is 1. The van der Waals surface area contributed by atoms with Gasteiger partial charge in [-0.3, -0.25) is 4.79 Å². The van der Waals surface area contributed by atoms with E-state index in [0.29, 0.717) is 17.4 Å². The number of nitrogens with zero attached hydrogens (tertiary/aromatic N) is 4. The van der Waals surface area contributed by atoms with Crippen molar-refractivity contribution in [1.29, 1.82) is 0 Å². The Morgan fingerprint density at radius 3 is 2.61 bits per heavy atom. The van der Waals surface area contributed by atoms with Crippen LogP contribution in [0.5, 0.6) is 0 Å². The van der Waals surface area contributed by atoms with E-state index in [1.54, 1.807) is 47.6 Å². The molecule has 2 saturated heterocycles. The fourth-order valence-corrected chi connectivity index (χ4v) is 7.84. The summed E-state index contributed by atoms with van der Waals surface area (Å²) in [6.45, 7) is 2.11. The molecule has 2 fully saturated rings. The second-order valence-electron chi connectivity index (χ2n) is 8.31. The number of rotatable bonds is 5. The minimum Gasteiger partial charge on any atom is -0.330 e. The van der Waals surface area contributed by atoms with Gasteiger partial charge in [0.2, 0.25) is 5.91 Å². The van der Waals surface area contributed by atoms with E-state index in [4.69, 9.17) is 11.6 Å². The standard InChI is InChI=1S/C22H24ClN5O3S2/c23-17-3-2-16-12-20(32-18(16)13-17)33(30,31)27-10-11-28(19(29)14-27)21(15-4-8-24-9-5-15)22-25-6-1-7-26-22/h1-3,6-7,12-13,15,21,24H,4-5,8-11,14H2. The summed E-state index contributed by atoms with van der Waals surface area (Å²) in [5.41, 5.74) is 0. The van der Waals surface area contributed by atoms with Gasteiger partial charge in [-0.1, -0.05) is 17.7 Å². The third-order valence-corrected chi connectivity index (χ3v) is 9.92. The largest absolute Gasteiger partial charge is 0.330 e. The Bertz CT molecular complexity index is 1260. The van der Waals surface area contributed by atoms with Crippen molar-refractivity contribution in [2.45, 2.75) is 23.1 Å². The van der Waals surface area contributed by atoms with Crippen LogP contribution in [0.3, 0.4) is 0 Å². The molecule has 1 aromatic carbocycles. The highest BCUT2D eigenvalue weighted by molar-refractivity contribution is 7.91. The van der Waals surface area contributed by atoms with Gasteiger partial charge in [0.25, 0.3) is 10.0 Å². The number of benzene rings is 1. The maximum Gasteiger partial charge on any atom is 0.253 e. The molecule has 0 spiro atoms. The van der Waals surface area contributed by atoms with Crippen LogP contribution < -0.4 is 5.32 Å². The van der Waals surface area contributed by atoms with Crippen molar-refractivity contribution in [3.63, 3.8) is 0 Å². The number of thiophene rings is 1. The number of piperazine rings is 1. The van der Waals surface area contributed by atoms with Crippen LogP contribution >= 0.6 is 22.9 Å². The van der Waals surface area contributed by atoms with Gasteiger partial charge in [-0.25, -0.2) is 18.4 Å². The average molecular weight is 506 g/mol. The highest BCUT2D eigenvalue weighted by Crippen LogP contribution is 2.36. The second-order valence-corrected chi connectivity index (χ2v) is 12.0. The van der Waals surface area contributed by atoms with Gasteiger partial charge < -0.3 is 10.2 Å². The van der Waals surface area contributed by atoms with E-state index in [0.717, 1.165) is 36.0 Å². The van der Waals surface area contributed by atoms with E-state index in [9.17, 15) is 13.2 Å². The molecule has 5 rings (SSSR count).